The van der Waals surface area contributed by atoms with Crippen LogP contribution >= 0.6 is 11.6 Å². The normalized spacial score (nSPS) is 10.5. The van der Waals surface area contributed by atoms with Gasteiger partial charge in [0.05, 0.1) is 5.02 Å². The lowest BCUT2D eigenvalue weighted by atomic mass is 10.2. The van der Waals surface area contributed by atoms with E-state index in [4.69, 9.17) is 11.6 Å². The van der Waals surface area contributed by atoms with E-state index in [1.54, 1.807) is 36.7 Å². The standard InChI is InChI=1S/C16H14ClN5O/c1-2-11-5-3-7-13(19-11)16(23)20-14-8-10-22(21-14)15-12(17)6-4-9-18-15/h3-10H,2H2,1H3,(H,20,21,23). The largest absolute Gasteiger partial charge is 0.304 e. The Balaban J connectivity index is 1.79. The average Bonchev–Trinajstić information content (AvgIpc) is 3.03. The molecule has 0 bridgehead atoms. The molecule has 3 aromatic rings. The summed E-state index contributed by atoms with van der Waals surface area (Å²) < 4.78 is 1.51. The Bertz CT molecular complexity index is 846. The van der Waals surface area contributed by atoms with E-state index in [0.717, 1.165) is 12.1 Å². The summed E-state index contributed by atoms with van der Waals surface area (Å²) in [6.45, 7) is 1.99. The summed E-state index contributed by atoms with van der Waals surface area (Å²) in [5, 5.41) is 7.45. The summed E-state index contributed by atoms with van der Waals surface area (Å²) >= 11 is 6.08. The molecule has 0 aromatic carbocycles. The Hall–Kier alpha value is -2.73. The fourth-order valence-corrected chi connectivity index (χ4v) is 2.25. The Labute approximate surface area is 138 Å². The second-order valence-corrected chi connectivity index (χ2v) is 5.18. The van der Waals surface area contributed by atoms with Crippen LogP contribution in [-0.4, -0.2) is 25.7 Å². The second kappa shape index (κ2) is 6.58. The lowest BCUT2D eigenvalue weighted by molar-refractivity contribution is 0.102. The van der Waals surface area contributed by atoms with Crippen LogP contribution < -0.4 is 5.32 Å². The van der Waals surface area contributed by atoms with Gasteiger partial charge in [-0.15, -0.1) is 5.10 Å². The van der Waals surface area contributed by atoms with Crippen molar-refractivity contribution in [2.45, 2.75) is 13.3 Å². The molecule has 0 aliphatic rings. The van der Waals surface area contributed by atoms with Crippen molar-refractivity contribution in [1.82, 2.24) is 19.7 Å². The minimum absolute atomic E-state index is 0.308. The van der Waals surface area contributed by atoms with Crippen molar-refractivity contribution in [1.29, 1.82) is 0 Å². The molecule has 0 aliphatic carbocycles. The molecule has 3 rings (SSSR count). The van der Waals surface area contributed by atoms with E-state index in [1.807, 2.05) is 19.1 Å². The van der Waals surface area contributed by atoms with Crippen molar-refractivity contribution in [3.63, 3.8) is 0 Å². The molecule has 0 saturated carbocycles. The van der Waals surface area contributed by atoms with Gasteiger partial charge >= 0.3 is 0 Å². The molecule has 6 nitrogen and oxygen atoms in total. The summed E-state index contributed by atoms with van der Waals surface area (Å²) in [6.07, 6.45) is 4.08. The number of pyridine rings is 2. The van der Waals surface area contributed by atoms with Gasteiger partial charge in [-0.2, -0.15) is 0 Å². The number of rotatable bonds is 4. The van der Waals surface area contributed by atoms with Crippen molar-refractivity contribution >= 4 is 23.3 Å². The zero-order valence-corrected chi connectivity index (χ0v) is 13.2. The number of nitrogens with zero attached hydrogens (tertiary/aromatic N) is 4. The van der Waals surface area contributed by atoms with Crippen LogP contribution in [0.15, 0.2) is 48.8 Å². The maximum absolute atomic E-state index is 12.2. The molecule has 3 aromatic heterocycles. The summed E-state index contributed by atoms with van der Waals surface area (Å²) in [7, 11) is 0. The number of aryl methyl sites for hydroxylation is 1. The summed E-state index contributed by atoms with van der Waals surface area (Å²) in [5.74, 6) is 0.596. The molecule has 0 spiro atoms. The van der Waals surface area contributed by atoms with Crippen LogP contribution in [0.1, 0.15) is 23.1 Å². The smallest absolute Gasteiger partial charge is 0.275 e. The van der Waals surface area contributed by atoms with Gasteiger partial charge in [-0.25, -0.2) is 14.6 Å². The molecule has 7 heteroatoms. The van der Waals surface area contributed by atoms with E-state index in [-0.39, 0.29) is 5.91 Å². The summed E-state index contributed by atoms with van der Waals surface area (Å²) in [4.78, 5) is 20.7. The molecular formula is C16H14ClN5O. The minimum Gasteiger partial charge on any atom is -0.304 e. The number of halogens is 1. The number of hydrogen-bond acceptors (Lipinski definition) is 4. The summed E-state index contributed by atoms with van der Waals surface area (Å²) in [6, 6.07) is 10.5. The molecule has 23 heavy (non-hydrogen) atoms. The second-order valence-electron chi connectivity index (χ2n) is 4.78. The summed E-state index contributed by atoms with van der Waals surface area (Å²) in [5.41, 5.74) is 1.22. The molecule has 0 atom stereocenters. The maximum atomic E-state index is 12.2. The fourth-order valence-electron chi connectivity index (χ4n) is 2.04. The fraction of sp³-hybridized carbons (Fsp3) is 0.125. The molecule has 0 fully saturated rings. The van der Waals surface area contributed by atoms with Crippen molar-refractivity contribution < 1.29 is 4.79 Å². The Morgan fingerprint density at radius 2 is 2.13 bits per heavy atom. The zero-order valence-electron chi connectivity index (χ0n) is 12.4. The predicted octanol–water partition coefficient (Wildman–Crippen LogP) is 3.13. The van der Waals surface area contributed by atoms with Crippen LogP contribution in [0.5, 0.6) is 0 Å². The zero-order chi connectivity index (χ0) is 16.2. The van der Waals surface area contributed by atoms with Crippen LogP contribution in [0.25, 0.3) is 5.82 Å². The van der Waals surface area contributed by atoms with E-state index >= 15 is 0 Å². The van der Waals surface area contributed by atoms with Crippen molar-refractivity contribution in [3.8, 4) is 5.82 Å². The highest BCUT2D eigenvalue weighted by Gasteiger charge is 2.11. The van der Waals surface area contributed by atoms with Gasteiger partial charge in [0.2, 0.25) is 0 Å². The number of amides is 1. The maximum Gasteiger partial charge on any atom is 0.275 e. The van der Waals surface area contributed by atoms with E-state index < -0.39 is 0 Å². The Morgan fingerprint density at radius 3 is 2.91 bits per heavy atom. The number of carbonyl (C=O) groups excluding carboxylic acids is 1. The molecule has 1 amide bonds. The van der Waals surface area contributed by atoms with Gasteiger partial charge < -0.3 is 5.32 Å². The first-order valence-electron chi connectivity index (χ1n) is 7.11. The van der Waals surface area contributed by atoms with Crippen LogP contribution in [0, 0.1) is 0 Å². The highest BCUT2D eigenvalue weighted by atomic mass is 35.5. The third-order valence-electron chi connectivity index (χ3n) is 3.19. The third kappa shape index (κ3) is 3.37. The third-order valence-corrected chi connectivity index (χ3v) is 3.48. The molecule has 0 radical (unpaired) electrons. The minimum atomic E-state index is -0.308. The first-order chi connectivity index (χ1) is 11.2. The number of aromatic nitrogens is 4. The first-order valence-corrected chi connectivity index (χ1v) is 7.49. The van der Waals surface area contributed by atoms with Gasteiger partial charge in [0, 0.05) is 24.2 Å². The monoisotopic (exact) mass is 327 g/mol. The van der Waals surface area contributed by atoms with Crippen LogP contribution in [0.4, 0.5) is 5.82 Å². The van der Waals surface area contributed by atoms with Gasteiger partial charge in [-0.3, -0.25) is 4.79 Å². The quantitative estimate of drug-likeness (QED) is 0.799. The lowest BCUT2D eigenvalue weighted by Crippen LogP contribution is -2.15. The van der Waals surface area contributed by atoms with Crippen molar-refractivity contribution in [2.75, 3.05) is 5.32 Å². The van der Waals surface area contributed by atoms with Gasteiger partial charge in [-0.1, -0.05) is 24.6 Å². The molecular weight excluding hydrogens is 314 g/mol. The van der Waals surface area contributed by atoms with Crippen molar-refractivity contribution in [2.24, 2.45) is 0 Å². The van der Waals surface area contributed by atoms with Gasteiger partial charge in [0.15, 0.2) is 11.6 Å². The number of hydrogen-bond donors (Lipinski definition) is 1. The molecule has 3 heterocycles. The van der Waals surface area contributed by atoms with E-state index in [1.165, 1.54) is 4.68 Å². The molecule has 1 N–H and O–H groups in total. The lowest BCUT2D eigenvalue weighted by Gasteiger charge is -2.04. The van der Waals surface area contributed by atoms with E-state index in [0.29, 0.717) is 22.4 Å². The molecule has 0 saturated heterocycles. The molecule has 0 unspecified atom stereocenters. The van der Waals surface area contributed by atoms with E-state index in [9.17, 15) is 4.79 Å². The van der Waals surface area contributed by atoms with Crippen LogP contribution in [-0.2, 0) is 6.42 Å². The molecule has 116 valence electrons. The Morgan fingerprint density at radius 1 is 1.26 bits per heavy atom. The van der Waals surface area contributed by atoms with Crippen LogP contribution in [0.2, 0.25) is 5.02 Å². The topological polar surface area (TPSA) is 72.7 Å². The van der Waals surface area contributed by atoms with Crippen LogP contribution in [0.3, 0.4) is 0 Å². The SMILES string of the molecule is CCc1cccc(C(=O)Nc2ccn(-c3ncccc3Cl)n2)n1. The first kappa shape index (κ1) is 15.2. The van der Waals surface area contributed by atoms with Gasteiger partial charge in [-0.05, 0) is 30.7 Å². The van der Waals surface area contributed by atoms with Gasteiger partial charge in [0.25, 0.3) is 5.91 Å². The number of nitrogens with one attached hydrogen (secondary N) is 1. The highest BCUT2D eigenvalue weighted by molar-refractivity contribution is 6.32. The highest BCUT2D eigenvalue weighted by Crippen LogP contribution is 2.17. The Kier molecular flexibility index (Phi) is 4.34. The van der Waals surface area contributed by atoms with Gasteiger partial charge in [0.1, 0.15) is 5.69 Å². The van der Waals surface area contributed by atoms with E-state index in [2.05, 4.69) is 20.4 Å². The predicted molar refractivity (Wildman–Crippen MR) is 87.9 cm³/mol. The average molecular weight is 328 g/mol. The van der Waals surface area contributed by atoms with Crippen molar-refractivity contribution in [3.05, 3.63) is 65.2 Å². The molecule has 0 aliphatic heterocycles. The number of carbonyl (C=O) groups is 1. The number of anilines is 1.